The summed E-state index contributed by atoms with van der Waals surface area (Å²) in [5, 5.41) is 7.64. The summed E-state index contributed by atoms with van der Waals surface area (Å²) < 4.78 is 0. The summed E-state index contributed by atoms with van der Waals surface area (Å²) in [5.41, 5.74) is 1.17. The van der Waals surface area contributed by atoms with Crippen LogP contribution in [0.3, 0.4) is 0 Å². The predicted octanol–water partition coefficient (Wildman–Crippen LogP) is 1.26. The maximum absolute atomic E-state index is 7.64. The molecule has 0 aliphatic rings. The number of hydrogen-bond acceptors (Lipinski definition) is 1. The summed E-state index contributed by atoms with van der Waals surface area (Å²) in [7, 11) is 0. The van der Waals surface area contributed by atoms with Gasteiger partial charge in [0.1, 0.15) is 0 Å². The van der Waals surface area contributed by atoms with Crippen molar-refractivity contribution in [2.45, 2.75) is 0 Å². The van der Waals surface area contributed by atoms with E-state index in [9.17, 15) is 0 Å². The maximum atomic E-state index is 7.64. The van der Waals surface area contributed by atoms with Crippen molar-refractivity contribution in [1.29, 1.82) is 5.26 Å². The minimum Gasteiger partial charge on any atom is -0.193 e. The molecule has 0 N–H and O–H groups in total. The molecule has 0 aromatic carbocycles. The third-order valence-electron chi connectivity index (χ3n) is 0.138. The van der Waals surface area contributed by atoms with Crippen LogP contribution in [0.4, 0.5) is 0 Å². The molecule has 2 heteroatoms. The van der Waals surface area contributed by atoms with Crippen LogP contribution in [0.1, 0.15) is 0 Å². The summed E-state index contributed by atoms with van der Waals surface area (Å²) in [6.45, 7) is 0. The Morgan fingerprint density at radius 1 is 1.80 bits per heavy atom. The van der Waals surface area contributed by atoms with Crippen molar-refractivity contribution in [3.8, 4) is 6.07 Å². The molecule has 0 aliphatic heterocycles. The van der Waals surface area contributed by atoms with Crippen LogP contribution in [0.5, 0.6) is 0 Å². The molecule has 0 saturated heterocycles. The lowest BCUT2D eigenvalue weighted by Gasteiger charge is -1.45. The van der Waals surface area contributed by atoms with Gasteiger partial charge < -0.3 is 0 Å². The van der Waals surface area contributed by atoms with Crippen molar-refractivity contribution < 1.29 is 0 Å². The van der Waals surface area contributed by atoms with Crippen LogP contribution < -0.4 is 0 Å². The lowest BCUT2D eigenvalue weighted by atomic mass is 10.7. The first kappa shape index (κ1) is 4.52. The van der Waals surface area contributed by atoms with Gasteiger partial charge in [-0.25, -0.2) is 0 Å². The van der Waals surface area contributed by atoms with E-state index in [1.807, 2.05) is 0 Å². The molecule has 0 aliphatic carbocycles. The molecule has 0 aromatic rings. The highest BCUT2D eigenvalue weighted by Crippen LogP contribution is 1.71. The van der Waals surface area contributed by atoms with E-state index in [2.05, 4.69) is 0 Å². The zero-order chi connectivity index (χ0) is 4.12. The fourth-order valence-corrected chi connectivity index (χ4v) is 0.0845. The van der Waals surface area contributed by atoms with Gasteiger partial charge in [0.15, 0.2) is 0 Å². The molecule has 0 radical (unpaired) electrons. The number of halogens is 1. The van der Waals surface area contributed by atoms with Crippen molar-refractivity contribution in [3.63, 3.8) is 0 Å². The molecule has 0 saturated carbocycles. The van der Waals surface area contributed by atoms with Crippen LogP contribution in [-0.4, -0.2) is 0 Å². The van der Waals surface area contributed by atoms with Gasteiger partial charge in [0, 0.05) is 11.6 Å². The molecule has 0 fully saturated rings. The van der Waals surface area contributed by atoms with Crippen LogP contribution in [0.2, 0.25) is 0 Å². The van der Waals surface area contributed by atoms with Crippen LogP contribution in [0.15, 0.2) is 11.6 Å². The Hall–Kier alpha value is -0.480. The molecule has 0 aromatic heterocycles. The van der Waals surface area contributed by atoms with Gasteiger partial charge in [-0.15, -0.1) is 0 Å². The van der Waals surface area contributed by atoms with Gasteiger partial charge in [0.25, 0.3) is 0 Å². The SMILES string of the molecule is N#C/C=C/Cl. The Kier molecular flexibility index (Phi) is 3.18. The van der Waals surface area contributed by atoms with Gasteiger partial charge >= 0.3 is 0 Å². The fourth-order valence-electron chi connectivity index (χ4n) is 0.0282. The third-order valence-corrected chi connectivity index (χ3v) is 0.264. The molecular formula is C3H2ClN. The molecule has 0 rings (SSSR count). The second-order valence-corrected chi connectivity index (χ2v) is 0.674. The van der Waals surface area contributed by atoms with E-state index in [0.29, 0.717) is 0 Å². The minimum absolute atomic E-state index is 1.17. The number of allylic oxidation sites excluding steroid dienone is 1. The van der Waals surface area contributed by atoms with Crippen LogP contribution in [0.25, 0.3) is 0 Å². The topological polar surface area (TPSA) is 23.8 Å². The number of hydrogen-bond donors (Lipinski definition) is 0. The summed E-state index contributed by atoms with van der Waals surface area (Å²) in [5.74, 6) is 0. The van der Waals surface area contributed by atoms with Crippen LogP contribution in [-0.2, 0) is 0 Å². The second-order valence-electron chi connectivity index (χ2n) is 0.422. The first-order valence-corrected chi connectivity index (χ1v) is 1.50. The first-order valence-electron chi connectivity index (χ1n) is 1.06. The van der Waals surface area contributed by atoms with E-state index in [4.69, 9.17) is 16.9 Å². The monoisotopic (exact) mass is 87.0 g/mol. The zero-order valence-electron chi connectivity index (χ0n) is 2.48. The van der Waals surface area contributed by atoms with Crippen molar-refractivity contribution >= 4 is 11.6 Å². The first-order chi connectivity index (χ1) is 2.41. The Bertz CT molecular complexity index is 69.5. The second kappa shape index (κ2) is 3.52. The zero-order valence-corrected chi connectivity index (χ0v) is 3.24. The fraction of sp³-hybridized carbons (Fsp3) is 0. The average molecular weight is 87.5 g/mol. The summed E-state index contributed by atoms with van der Waals surface area (Å²) in [6, 6.07) is 1.70. The molecule has 0 unspecified atom stereocenters. The third kappa shape index (κ3) is 3.52. The van der Waals surface area contributed by atoms with E-state index in [1.165, 1.54) is 11.6 Å². The smallest absolute Gasteiger partial charge is 0.0921 e. The quantitative estimate of drug-likeness (QED) is 0.408. The summed E-state index contributed by atoms with van der Waals surface area (Å²) in [4.78, 5) is 0. The van der Waals surface area contributed by atoms with Crippen molar-refractivity contribution in [2.24, 2.45) is 0 Å². The largest absolute Gasteiger partial charge is 0.193 e. The molecule has 0 atom stereocenters. The Morgan fingerprint density at radius 2 is 2.40 bits per heavy atom. The highest BCUT2D eigenvalue weighted by molar-refractivity contribution is 6.25. The van der Waals surface area contributed by atoms with Gasteiger partial charge in [-0.1, -0.05) is 11.6 Å². The van der Waals surface area contributed by atoms with E-state index in [1.54, 1.807) is 6.07 Å². The van der Waals surface area contributed by atoms with E-state index in [-0.39, 0.29) is 0 Å². The van der Waals surface area contributed by atoms with E-state index >= 15 is 0 Å². The average Bonchev–Trinajstić information content (AvgIpc) is 1.41. The Labute approximate surface area is 35.5 Å². The molecule has 0 amide bonds. The van der Waals surface area contributed by atoms with Crippen molar-refractivity contribution in [3.05, 3.63) is 11.6 Å². The molecule has 5 heavy (non-hydrogen) atoms. The maximum Gasteiger partial charge on any atom is 0.0921 e. The summed E-state index contributed by atoms with van der Waals surface area (Å²) in [6.07, 6.45) is 1.20. The van der Waals surface area contributed by atoms with Gasteiger partial charge in [-0.2, -0.15) is 5.26 Å². The highest BCUT2D eigenvalue weighted by atomic mass is 35.5. The van der Waals surface area contributed by atoms with Gasteiger partial charge in [0.05, 0.1) is 6.07 Å². The van der Waals surface area contributed by atoms with Crippen LogP contribution in [0, 0.1) is 11.3 Å². The van der Waals surface area contributed by atoms with E-state index < -0.39 is 0 Å². The molecule has 1 nitrogen and oxygen atoms in total. The number of rotatable bonds is 0. The van der Waals surface area contributed by atoms with Gasteiger partial charge in [-0.3, -0.25) is 0 Å². The van der Waals surface area contributed by atoms with Crippen molar-refractivity contribution in [1.82, 2.24) is 0 Å². The number of nitriles is 1. The standard InChI is InChI=1S/C3H2ClN/c4-2-1-3-5/h1-2H/b2-1+. The highest BCUT2D eigenvalue weighted by Gasteiger charge is 1.48. The Balaban J connectivity index is 3.04. The van der Waals surface area contributed by atoms with Gasteiger partial charge in [-0.05, 0) is 0 Å². The molecule has 0 bridgehead atoms. The summed E-state index contributed by atoms with van der Waals surface area (Å²) >= 11 is 4.90. The van der Waals surface area contributed by atoms with E-state index in [0.717, 1.165) is 0 Å². The minimum atomic E-state index is 1.17. The predicted molar refractivity (Wildman–Crippen MR) is 20.6 cm³/mol. The molecule has 0 spiro atoms. The lowest BCUT2D eigenvalue weighted by molar-refractivity contribution is 1.54. The molecular weight excluding hydrogens is 85.5 g/mol. The molecule has 26 valence electrons. The van der Waals surface area contributed by atoms with Crippen LogP contribution >= 0.6 is 11.6 Å². The van der Waals surface area contributed by atoms with Gasteiger partial charge in [0.2, 0.25) is 0 Å². The number of nitrogens with zero attached hydrogens (tertiary/aromatic N) is 1. The Morgan fingerprint density at radius 3 is 2.40 bits per heavy atom. The van der Waals surface area contributed by atoms with Crippen molar-refractivity contribution in [2.75, 3.05) is 0 Å². The lowest BCUT2D eigenvalue weighted by Crippen LogP contribution is -1.31. The normalized spacial score (nSPS) is 8.00. The molecule has 0 heterocycles.